The normalized spacial score (nSPS) is 8.64. The number of aliphatic hydroxyl groups excluding tert-OH is 1. The first-order chi connectivity index (χ1) is 6.54. The van der Waals surface area contributed by atoms with E-state index in [1.54, 1.807) is 5.32 Å². The van der Waals surface area contributed by atoms with Gasteiger partial charge >= 0.3 is 0 Å². The van der Waals surface area contributed by atoms with E-state index >= 15 is 0 Å². The van der Waals surface area contributed by atoms with Crippen molar-refractivity contribution in [3.8, 4) is 12.4 Å². The quantitative estimate of drug-likeness (QED) is 0.282. The fraction of sp³-hybridized carbons (Fsp3) is 0.556. The van der Waals surface area contributed by atoms with Gasteiger partial charge < -0.3 is 9.59 Å². The van der Waals surface area contributed by atoms with Crippen molar-refractivity contribution in [2.45, 2.75) is 0 Å². The summed E-state index contributed by atoms with van der Waals surface area (Å²) < 4.78 is 0.819. The monoisotopic (exact) mass is 197 g/mol. The maximum absolute atomic E-state index is 8.58. The van der Waals surface area contributed by atoms with Crippen molar-refractivity contribution >= 4 is 0 Å². The summed E-state index contributed by atoms with van der Waals surface area (Å²) in [6.07, 6.45) is 4.68. The van der Waals surface area contributed by atoms with Crippen molar-refractivity contribution in [1.82, 2.24) is 5.32 Å². The van der Waals surface area contributed by atoms with E-state index in [1.165, 1.54) is 12.4 Å². The number of hydrogen-bond acceptors (Lipinski definition) is 4. The first-order valence-electron chi connectivity index (χ1n) is 4.11. The van der Waals surface area contributed by atoms with Crippen molar-refractivity contribution in [3.63, 3.8) is 0 Å². The number of nitrogens with one attached hydrogen (secondary N) is 1. The lowest BCUT2D eigenvalue weighted by Crippen LogP contribution is -2.41. The van der Waals surface area contributed by atoms with E-state index in [0.717, 1.165) is 17.6 Å². The van der Waals surface area contributed by atoms with Crippen LogP contribution in [0.3, 0.4) is 0 Å². The molecule has 0 spiro atoms. The van der Waals surface area contributed by atoms with Crippen LogP contribution in [0.15, 0.2) is 12.7 Å². The van der Waals surface area contributed by atoms with Crippen LogP contribution < -0.4 is 5.32 Å². The van der Waals surface area contributed by atoms with Crippen LogP contribution in [0.25, 0.3) is 0 Å². The van der Waals surface area contributed by atoms with Gasteiger partial charge in [0.15, 0.2) is 12.4 Å². The number of nitrogens with zero attached hydrogens (tertiary/aromatic N) is 3. The van der Waals surface area contributed by atoms with Crippen LogP contribution in [0.5, 0.6) is 0 Å². The predicted molar refractivity (Wildman–Crippen MR) is 53.5 cm³/mol. The van der Waals surface area contributed by atoms with Crippen molar-refractivity contribution in [2.24, 2.45) is 0 Å². The van der Waals surface area contributed by atoms with Gasteiger partial charge in [-0.2, -0.15) is 10.5 Å². The molecule has 0 amide bonds. The first kappa shape index (κ1) is 14.9. The summed E-state index contributed by atoms with van der Waals surface area (Å²) in [6.45, 7) is 5.60. The van der Waals surface area contributed by atoms with E-state index in [1.807, 2.05) is 6.08 Å². The number of nitriles is 2. The molecule has 0 aliphatic heterocycles. The molecule has 2 N–H and O–H groups in total. The number of rotatable bonds is 4. The predicted octanol–water partition coefficient (Wildman–Crippen LogP) is -0.221. The smallest absolute Gasteiger partial charge is 0.190 e. The molecule has 0 aliphatic rings. The zero-order valence-electron chi connectivity index (χ0n) is 8.69. The summed E-state index contributed by atoms with van der Waals surface area (Å²) in [5.74, 6) is 0. The highest BCUT2D eigenvalue weighted by Gasteiger charge is 2.09. The van der Waals surface area contributed by atoms with E-state index in [9.17, 15) is 0 Å². The fourth-order valence-corrected chi connectivity index (χ4v) is 0.736. The van der Waals surface area contributed by atoms with Crippen LogP contribution in [0.4, 0.5) is 0 Å². The van der Waals surface area contributed by atoms with Gasteiger partial charge in [0.25, 0.3) is 0 Å². The minimum Gasteiger partial charge on any atom is -0.391 e. The molecule has 0 aromatic carbocycles. The maximum Gasteiger partial charge on any atom is 0.190 e. The lowest BCUT2D eigenvalue weighted by molar-refractivity contribution is -0.884. The molecule has 5 nitrogen and oxygen atoms in total. The zero-order chi connectivity index (χ0) is 11.4. The molecule has 78 valence electrons. The van der Waals surface area contributed by atoms with Gasteiger partial charge in [0.2, 0.25) is 0 Å². The molecule has 5 heteroatoms. The van der Waals surface area contributed by atoms with Crippen molar-refractivity contribution in [1.29, 1.82) is 10.5 Å². The SMILES string of the molecule is C=CC[N+](C)(C)CCO.N#CNC#N. The van der Waals surface area contributed by atoms with Gasteiger partial charge in [-0.1, -0.05) is 6.58 Å². The van der Waals surface area contributed by atoms with Gasteiger partial charge in [-0.05, 0) is 6.08 Å². The van der Waals surface area contributed by atoms with Crippen LogP contribution in [0, 0.1) is 22.9 Å². The lowest BCUT2D eigenvalue weighted by atomic mass is 10.4. The highest BCUT2D eigenvalue weighted by atomic mass is 16.3. The van der Waals surface area contributed by atoms with Crippen LogP contribution in [-0.2, 0) is 0 Å². The molecule has 0 unspecified atom stereocenters. The molecule has 0 heterocycles. The average Bonchev–Trinajstić information content (AvgIpc) is 2.06. The second-order valence-corrected chi connectivity index (χ2v) is 3.20. The molecular formula is C9H17N4O+. The van der Waals surface area contributed by atoms with Crippen LogP contribution in [0.2, 0.25) is 0 Å². The van der Waals surface area contributed by atoms with Crippen LogP contribution in [-0.4, -0.2) is 43.4 Å². The van der Waals surface area contributed by atoms with Gasteiger partial charge in [-0.15, -0.1) is 0 Å². The third kappa shape index (κ3) is 13.1. The Kier molecular flexibility index (Phi) is 10.2. The highest BCUT2D eigenvalue weighted by Crippen LogP contribution is 1.93. The summed E-state index contributed by atoms with van der Waals surface area (Å²) in [7, 11) is 4.13. The molecule has 0 saturated heterocycles. The Morgan fingerprint density at radius 1 is 1.43 bits per heavy atom. The van der Waals surface area contributed by atoms with Gasteiger partial charge in [0, 0.05) is 0 Å². The minimum absolute atomic E-state index is 0.251. The second-order valence-electron chi connectivity index (χ2n) is 3.20. The van der Waals surface area contributed by atoms with Crippen molar-refractivity contribution in [2.75, 3.05) is 33.8 Å². The Morgan fingerprint density at radius 3 is 2.14 bits per heavy atom. The third-order valence-electron chi connectivity index (χ3n) is 1.44. The summed E-state index contributed by atoms with van der Waals surface area (Å²) in [4.78, 5) is 0. The molecule has 0 bridgehead atoms. The number of aliphatic hydroxyl groups is 1. The summed E-state index contributed by atoms with van der Waals surface area (Å²) in [5.41, 5.74) is 0. The van der Waals surface area contributed by atoms with E-state index in [2.05, 4.69) is 20.7 Å². The minimum atomic E-state index is 0.251. The topological polar surface area (TPSA) is 79.8 Å². The molecule has 14 heavy (non-hydrogen) atoms. The van der Waals surface area contributed by atoms with Crippen LogP contribution in [0.1, 0.15) is 0 Å². The Balaban J connectivity index is 0. The molecular weight excluding hydrogens is 180 g/mol. The number of quaternary nitrogens is 1. The maximum atomic E-state index is 8.58. The number of hydrogen-bond donors (Lipinski definition) is 2. The lowest BCUT2D eigenvalue weighted by Gasteiger charge is -2.26. The van der Waals surface area contributed by atoms with E-state index in [-0.39, 0.29) is 6.61 Å². The highest BCUT2D eigenvalue weighted by molar-refractivity contribution is 4.77. The summed E-state index contributed by atoms with van der Waals surface area (Å²) in [6, 6.07) is 0. The molecule has 0 rings (SSSR count). The fourth-order valence-electron chi connectivity index (χ4n) is 0.736. The standard InChI is InChI=1S/C7H16NO.C2HN3/c1-4-5-8(2,3)6-7-9;3-1-5-2-4/h4,9H,1,5-7H2,2-3H3;5H/q+1;. The second kappa shape index (κ2) is 9.53. The third-order valence-corrected chi connectivity index (χ3v) is 1.44. The van der Waals surface area contributed by atoms with Gasteiger partial charge in [0.1, 0.15) is 6.54 Å². The summed E-state index contributed by atoms with van der Waals surface area (Å²) in [5, 5.41) is 25.3. The molecule has 0 fully saturated rings. The number of likely N-dealkylation sites (N-methyl/N-ethyl adjacent to an activating group) is 1. The summed E-state index contributed by atoms with van der Waals surface area (Å²) >= 11 is 0. The first-order valence-corrected chi connectivity index (χ1v) is 4.11. The van der Waals surface area contributed by atoms with E-state index in [4.69, 9.17) is 15.6 Å². The van der Waals surface area contributed by atoms with Gasteiger partial charge in [0.05, 0.1) is 27.2 Å². The van der Waals surface area contributed by atoms with E-state index in [0.29, 0.717) is 0 Å². The Bertz CT molecular complexity index is 212. The molecule has 0 atom stereocenters. The molecule has 0 aromatic rings. The Morgan fingerprint density at radius 2 is 1.93 bits per heavy atom. The molecule has 0 radical (unpaired) electrons. The van der Waals surface area contributed by atoms with Crippen molar-refractivity contribution in [3.05, 3.63) is 12.7 Å². The van der Waals surface area contributed by atoms with Gasteiger partial charge in [-0.3, -0.25) is 0 Å². The zero-order valence-corrected chi connectivity index (χ0v) is 8.69. The molecule has 0 saturated carbocycles. The van der Waals surface area contributed by atoms with Crippen molar-refractivity contribution < 1.29 is 9.59 Å². The molecule has 0 aliphatic carbocycles. The van der Waals surface area contributed by atoms with Crippen LogP contribution >= 0.6 is 0 Å². The Labute approximate surface area is 85.1 Å². The van der Waals surface area contributed by atoms with E-state index < -0.39 is 0 Å². The largest absolute Gasteiger partial charge is 0.391 e. The Hall–Kier alpha value is -1.56. The average molecular weight is 197 g/mol. The van der Waals surface area contributed by atoms with Gasteiger partial charge in [-0.25, -0.2) is 5.32 Å². The molecule has 0 aromatic heterocycles.